The summed E-state index contributed by atoms with van der Waals surface area (Å²) < 4.78 is 19.4. The van der Waals surface area contributed by atoms with E-state index in [0.717, 1.165) is 0 Å². The number of fused-ring (bicyclic) bond motifs is 1. The number of hydrogen-bond donors (Lipinski definition) is 2. The molecule has 1 aromatic rings. The quantitative estimate of drug-likeness (QED) is 0.828. The molecule has 1 heterocycles. The Bertz CT molecular complexity index is 386. The molecule has 5 heteroatoms. The average Bonchev–Trinajstić information content (AvgIpc) is 2.24. The second kappa shape index (κ2) is 3.98. The fraction of sp³-hybridized carbons (Fsp3) is 0.400. The van der Waals surface area contributed by atoms with Gasteiger partial charge < -0.3 is 15.2 Å². The van der Waals surface area contributed by atoms with Crippen LogP contribution >= 0.6 is 15.9 Å². The van der Waals surface area contributed by atoms with Gasteiger partial charge in [-0.3, -0.25) is 0 Å². The van der Waals surface area contributed by atoms with Gasteiger partial charge in [-0.2, -0.15) is 0 Å². The zero-order chi connectivity index (χ0) is 11.0. The lowest BCUT2D eigenvalue weighted by molar-refractivity contribution is 0.0422. The van der Waals surface area contributed by atoms with Gasteiger partial charge in [0.05, 0.1) is 4.47 Å². The van der Waals surface area contributed by atoms with Crippen LogP contribution in [0.25, 0.3) is 0 Å². The second-order valence-electron chi connectivity index (χ2n) is 3.39. The summed E-state index contributed by atoms with van der Waals surface area (Å²) >= 11 is 3.07. The van der Waals surface area contributed by atoms with Gasteiger partial charge in [0.15, 0.2) is 12.0 Å². The van der Waals surface area contributed by atoms with E-state index in [1.807, 2.05) is 6.92 Å². The SMILES string of the molecule is CCC1Oc2ccc(Br)c(F)c2NC1O. The first kappa shape index (κ1) is 10.7. The minimum Gasteiger partial charge on any atom is -0.483 e. The Morgan fingerprint density at radius 1 is 1.60 bits per heavy atom. The van der Waals surface area contributed by atoms with Crippen LogP contribution in [0.15, 0.2) is 16.6 Å². The molecule has 2 unspecified atom stereocenters. The Morgan fingerprint density at radius 2 is 2.33 bits per heavy atom. The Labute approximate surface area is 95.4 Å². The van der Waals surface area contributed by atoms with Crippen molar-refractivity contribution in [2.75, 3.05) is 5.32 Å². The molecule has 0 spiro atoms. The Kier molecular flexibility index (Phi) is 2.84. The molecule has 2 rings (SSSR count). The van der Waals surface area contributed by atoms with Crippen LogP contribution in [0.5, 0.6) is 5.75 Å². The minimum atomic E-state index is -0.869. The van der Waals surface area contributed by atoms with Crippen LogP contribution in [-0.4, -0.2) is 17.4 Å². The predicted molar refractivity (Wildman–Crippen MR) is 58.4 cm³/mol. The van der Waals surface area contributed by atoms with Crippen LogP contribution in [-0.2, 0) is 0 Å². The zero-order valence-electron chi connectivity index (χ0n) is 8.13. The smallest absolute Gasteiger partial charge is 0.164 e. The Morgan fingerprint density at radius 3 is 3.00 bits per heavy atom. The van der Waals surface area contributed by atoms with E-state index < -0.39 is 12.0 Å². The first-order valence-electron chi connectivity index (χ1n) is 4.72. The minimum absolute atomic E-state index is 0.210. The van der Waals surface area contributed by atoms with E-state index in [1.54, 1.807) is 12.1 Å². The van der Waals surface area contributed by atoms with Crippen LogP contribution in [0.3, 0.4) is 0 Å². The second-order valence-corrected chi connectivity index (χ2v) is 4.24. The van der Waals surface area contributed by atoms with Gasteiger partial charge in [0.25, 0.3) is 0 Å². The highest BCUT2D eigenvalue weighted by molar-refractivity contribution is 9.10. The highest BCUT2D eigenvalue weighted by Crippen LogP contribution is 2.37. The number of nitrogens with one attached hydrogen (secondary N) is 1. The topological polar surface area (TPSA) is 41.5 Å². The number of ether oxygens (including phenoxy) is 1. The van der Waals surface area contributed by atoms with Gasteiger partial charge in [-0.15, -0.1) is 0 Å². The molecule has 0 bridgehead atoms. The van der Waals surface area contributed by atoms with Gasteiger partial charge in [0, 0.05) is 0 Å². The average molecular weight is 276 g/mol. The third-order valence-corrected chi connectivity index (χ3v) is 2.99. The number of rotatable bonds is 1. The molecular formula is C10H11BrFNO2. The molecule has 2 N–H and O–H groups in total. The van der Waals surface area contributed by atoms with E-state index in [9.17, 15) is 9.50 Å². The van der Waals surface area contributed by atoms with Gasteiger partial charge >= 0.3 is 0 Å². The fourth-order valence-electron chi connectivity index (χ4n) is 1.54. The largest absolute Gasteiger partial charge is 0.483 e. The molecule has 82 valence electrons. The number of halogens is 2. The lowest BCUT2D eigenvalue weighted by Gasteiger charge is -2.31. The van der Waals surface area contributed by atoms with Crippen molar-refractivity contribution >= 4 is 21.6 Å². The van der Waals surface area contributed by atoms with Crippen molar-refractivity contribution in [1.29, 1.82) is 0 Å². The first-order valence-corrected chi connectivity index (χ1v) is 5.52. The zero-order valence-corrected chi connectivity index (χ0v) is 9.71. The molecule has 0 saturated heterocycles. The molecule has 0 saturated carbocycles. The van der Waals surface area contributed by atoms with Crippen molar-refractivity contribution in [3.05, 3.63) is 22.4 Å². The lowest BCUT2D eigenvalue weighted by Crippen LogP contribution is -2.41. The number of anilines is 1. The predicted octanol–water partition coefficient (Wildman–Crippen LogP) is 2.49. The van der Waals surface area contributed by atoms with Gasteiger partial charge in [0.2, 0.25) is 0 Å². The molecular weight excluding hydrogens is 265 g/mol. The van der Waals surface area contributed by atoms with Crippen LogP contribution in [0, 0.1) is 5.82 Å². The molecule has 15 heavy (non-hydrogen) atoms. The molecule has 0 amide bonds. The number of aliphatic hydroxyl groups is 1. The van der Waals surface area contributed by atoms with Crippen LogP contribution in [0.1, 0.15) is 13.3 Å². The molecule has 1 aromatic carbocycles. The van der Waals surface area contributed by atoms with Crippen molar-refractivity contribution in [3.63, 3.8) is 0 Å². The van der Waals surface area contributed by atoms with Crippen molar-refractivity contribution in [3.8, 4) is 5.75 Å². The third-order valence-electron chi connectivity index (χ3n) is 2.38. The Hall–Kier alpha value is -0.810. The van der Waals surface area contributed by atoms with Crippen molar-refractivity contribution < 1.29 is 14.2 Å². The summed E-state index contributed by atoms with van der Waals surface area (Å²) in [5.74, 6) is -0.00560. The molecule has 3 nitrogen and oxygen atoms in total. The van der Waals surface area contributed by atoms with Gasteiger partial charge in [-0.25, -0.2) is 4.39 Å². The maximum Gasteiger partial charge on any atom is 0.164 e. The van der Waals surface area contributed by atoms with E-state index in [1.165, 1.54) is 0 Å². The molecule has 0 radical (unpaired) electrons. The summed E-state index contributed by atoms with van der Waals surface area (Å²) in [7, 11) is 0. The van der Waals surface area contributed by atoms with Gasteiger partial charge in [0.1, 0.15) is 17.5 Å². The van der Waals surface area contributed by atoms with Crippen molar-refractivity contribution in [2.45, 2.75) is 25.7 Å². The summed E-state index contributed by atoms with van der Waals surface area (Å²) in [4.78, 5) is 0. The molecule has 0 aliphatic carbocycles. The van der Waals surface area contributed by atoms with Crippen molar-refractivity contribution in [2.24, 2.45) is 0 Å². The van der Waals surface area contributed by atoms with Crippen LogP contribution in [0.4, 0.5) is 10.1 Å². The monoisotopic (exact) mass is 275 g/mol. The number of hydrogen-bond acceptors (Lipinski definition) is 3. The summed E-state index contributed by atoms with van der Waals surface area (Å²) in [5, 5.41) is 12.3. The highest BCUT2D eigenvalue weighted by atomic mass is 79.9. The number of benzene rings is 1. The fourth-order valence-corrected chi connectivity index (χ4v) is 1.87. The maximum atomic E-state index is 13.6. The molecule has 1 aliphatic rings. The molecule has 0 fully saturated rings. The molecule has 0 aromatic heterocycles. The van der Waals surface area contributed by atoms with E-state index in [2.05, 4.69) is 21.2 Å². The molecule has 2 atom stereocenters. The van der Waals surface area contributed by atoms with Gasteiger partial charge in [-0.05, 0) is 34.5 Å². The van der Waals surface area contributed by atoms with Crippen molar-refractivity contribution in [1.82, 2.24) is 0 Å². The lowest BCUT2D eigenvalue weighted by atomic mass is 10.1. The molecule has 1 aliphatic heterocycles. The summed E-state index contributed by atoms with van der Waals surface area (Å²) in [5.41, 5.74) is 0.210. The third kappa shape index (κ3) is 1.81. The van der Waals surface area contributed by atoms with Crippen LogP contribution < -0.4 is 10.1 Å². The van der Waals surface area contributed by atoms with Gasteiger partial charge in [-0.1, -0.05) is 6.92 Å². The highest BCUT2D eigenvalue weighted by Gasteiger charge is 2.28. The van der Waals surface area contributed by atoms with E-state index in [0.29, 0.717) is 16.6 Å². The van der Waals surface area contributed by atoms with E-state index in [-0.39, 0.29) is 11.8 Å². The van der Waals surface area contributed by atoms with E-state index in [4.69, 9.17) is 4.74 Å². The van der Waals surface area contributed by atoms with Crippen LogP contribution in [0.2, 0.25) is 0 Å². The first-order chi connectivity index (χ1) is 7.13. The summed E-state index contributed by atoms with van der Waals surface area (Å²) in [6.07, 6.45) is -0.546. The normalized spacial score (nSPS) is 24.0. The standard InChI is InChI=1S/C10H11BrFNO2/c1-2-6-10(14)13-9-7(15-6)4-3-5(11)8(9)12/h3-4,6,10,13-14H,2H2,1H3. The number of aliphatic hydroxyl groups excluding tert-OH is 1. The maximum absolute atomic E-state index is 13.6. The summed E-state index contributed by atoms with van der Waals surface area (Å²) in [6.45, 7) is 1.90. The summed E-state index contributed by atoms with van der Waals surface area (Å²) in [6, 6.07) is 3.25. The Balaban J connectivity index is 2.40. The van der Waals surface area contributed by atoms with E-state index >= 15 is 0 Å².